The van der Waals surface area contributed by atoms with Gasteiger partial charge in [0.05, 0.1) is 12.7 Å². The van der Waals surface area contributed by atoms with Gasteiger partial charge >= 0.3 is 5.97 Å². The van der Waals surface area contributed by atoms with Gasteiger partial charge < -0.3 is 10.1 Å². The molecule has 1 saturated heterocycles. The van der Waals surface area contributed by atoms with Gasteiger partial charge in [0.15, 0.2) is 0 Å². The van der Waals surface area contributed by atoms with Crippen molar-refractivity contribution in [2.75, 3.05) is 7.11 Å². The van der Waals surface area contributed by atoms with E-state index in [1.807, 2.05) is 6.08 Å². The maximum Gasteiger partial charge on any atom is 0.335 e. The Hall–Kier alpha value is -0.830. The molecule has 2 aliphatic rings. The SMILES string of the molecule is COC(=O)C1=CC[C@]2(C)CC[C@H]1N2. The average Bonchev–Trinajstić information content (AvgIpc) is 2.42. The van der Waals surface area contributed by atoms with Crippen LogP contribution in [0.5, 0.6) is 0 Å². The van der Waals surface area contributed by atoms with Crippen LogP contribution in [-0.4, -0.2) is 24.7 Å². The molecule has 0 saturated carbocycles. The summed E-state index contributed by atoms with van der Waals surface area (Å²) in [6.45, 7) is 2.21. The Labute approximate surface area is 78.1 Å². The van der Waals surface area contributed by atoms with Crippen LogP contribution < -0.4 is 5.32 Å². The molecule has 2 heterocycles. The van der Waals surface area contributed by atoms with Gasteiger partial charge in [0.2, 0.25) is 0 Å². The first kappa shape index (κ1) is 8.75. The highest BCUT2D eigenvalue weighted by molar-refractivity contribution is 5.90. The van der Waals surface area contributed by atoms with Crippen molar-refractivity contribution >= 4 is 5.97 Å². The molecule has 2 aliphatic heterocycles. The van der Waals surface area contributed by atoms with E-state index in [4.69, 9.17) is 4.74 Å². The molecule has 2 atom stereocenters. The van der Waals surface area contributed by atoms with Gasteiger partial charge in [-0.25, -0.2) is 4.79 Å². The molecule has 13 heavy (non-hydrogen) atoms. The zero-order chi connectivity index (χ0) is 9.47. The lowest BCUT2D eigenvalue weighted by atomic mass is 9.94. The molecule has 0 aliphatic carbocycles. The van der Waals surface area contributed by atoms with Crippen molar-refractivity contribution in [3.8, 4) is 0 Å². The minimum Gasteiger partial charge on any atom is -0.466 e. The van der Waals surface area contributed by atoms with E-state index in [1.165, 1.54) is 7.11 Å². The van der Waals surface area contributed by atoms with E-state index in [9.17, 15) is 4.79 Å². The molecule has 0 aromatic carbocycles. The largest absolute Gasteiger partial charge is 0.466 e. The average molecular weight is 181 g/mol. The number of rotatable bonds is 1. The lowest BCUT2D eigenvalue weighted by Crippen LogP contribution is -2.45. The Morgan fingerprint density at radius 1 is 1.77 bits per heavy atom. The highest BCUT2D eigenvalue weighted by Gasteiger charge is 2.40. The molecular weight excluding hydrogens is 166 g/mol. The highest BCUT2D eigenvalue weighted by atomic mass is 16.5. The number of methoxy groups -OCH3 is 1. The fourth-order valence-corrected chi connectivity index (χ4v) is 2.24. The van der Waals surface area contributed by atoms with Gasteiger partial charge in [0, 0.05) is 11.6 Å². The second-order valence-corrected chi connectivity index (χ2v) is 4.15. The van der Waals surface area contributed by atoms with Crippen LogP contribution >= 0.6 is 0 Å². The van der Waals surface area contributed by atoms with Crippen molar-refractivity contribution in [3.05, 3.63) is 11.6 Å². The normalized spacial score (nSPS) is 37.1. The lowest BCUT2D eigenvalue weighted by Gasteiger charge is -2.29. The van der Waals surface area contributed by atoms with Gasteiger partial charge in [-0.3, -0.25) is 0 Å². The van der Waals surface area contributed by atoms with E-state index in [1.54, 1.807) is 0 Å². The van der Waals surface area contributed by atoms with E-state index in [0.29, 0.717) is 0 Å². The molecule has 3 heteroatoms. The number of esters is 1. The summed E-state index contributed by atoms with van der Waals surface area (Å²) >= 11 is 0. The lowest BCUT2D eigenvalue weighted by molar-refractivity contribution is -0.136. The first-order valence-corrected chi connectivity index (χ1v) is 4.71. The number of fused-ring (bicyclic) bond motifs is 2. The third-order valence-corrected chi connectivity index (χ3v) is 3.08. The van der Waals surface area contributed by atoms with E-state index in [0.717, 1.165) is 24.8 Å². The van der Waals surface area contributed by atoms with Gasteiger partial charge in [-0.2, -0.15) is 0 Å². The van der Waals surface area contributed by atoms with E-state index >= 15 is 0 Å². The highest BCUT2D eigenvalue weighted by Crippen LogP contribution is 2.34. The summed E-state index contributed by atoms with van der Waals surface area (Å²) in [7, 11) is 1.44. The molecule has 72 valence electrons. The number of carbonyl (C=O) groups excluding carboxylic acids is 1. The fourth-order valence-electron chi connectivity index (χ4n) is 2.24. The Morgan fingerprint density at radius 2 is 2.54 bits per heavy atom. The van der Waals surface area contributed by atoms with Crippen LogP contribution in [0.25, 0.3) is 0 Å². The van der Waals surface area contributed by atoms with Crippen LogP contribution in [0.15, 0.2) is 11.6 Å². The monoisotopic (exact) mass is 181 g/mol. The number of ether oxygens (including phenoxy) is 1. The van der Waals surface area contributed by atoms with Gasteiger partial charge in [-0.15, -0.1) is 0 Å². The summed E-state index contributed by atoms with van der Waals surface area (Å²) in [5.41, 5.74) is 1.04. The van der Waals surface area contributed by atoms with Crippen molar-refractivity contribution < 1.29 is 9.53 Å². The number of hydrogen-bond donors (Lipinski definition) is 1. The Balaban J connectivity index is 2.20. The molecule has 0 aromatic rings. The summed E-state index contributed by atoms with van der Waals surface area (Å²) in [5, 5.41) is 3.46. The maximum atomic E-state index is 11.3. The van der Waals surface area contributed by atoms with Gasteiger partial charge in [-0.05, 0) is 26.2 Å². The Bertz CT molecular complexity index is 272. The summed E-state index contributed by atoms with van der Waals surface area (Å²) in [6.07, 6.45) is 5.17. The zero-order valence-corrected chi connectivity index (χ0v) is 8.09. The molecule has 2 bridgehead atoms. The van der Waals surface area contributed by atoms with E-state index in [2.05, 4.69) is 12.2 Å². The molecule has 0 radical (unpaired) electrons. The first-order valence-electron chi connectivity index (χ1n) is 4.71. The summed E-state index contributed by atoms with van der Waals surface area (Å²) in [4.78, 5) is 11.3. The third kappa shape index (κ3) is 1.37. The van der Waals surface area contributed by atoms with E-state index in [-0.39, 0.29) is 17.6 Å². The van der Waals surface area contributed by atoms with Crippen molar-refractivity contribution in [2.24, 2.45) is 0 Å². The predicted molar refractivity (Wildman–Crippen MR) is 49.3 cm³/mol. The standard InChI is InChI=1S/C10H15NO2/c1-10-5-3-7(9(12)13-2)8(11-10)4-6-10/h3,8,11H,4-6H2,1-2H3/t8-,10-/m1/s1. The molecule has 2 rings (SSSR count). The molecule has 0 spiro atoms. The van der Waals surface area contributed by atoms with Gasteiger partial charge in [0.1, 0.15) is 0 Å². The van der Waals surface area contributed by atoms with Gasteiger partial charge in [-0.1, -0.05) is 6.08 Å². The van der Waals surface area contributed by atoms with Crippen LogP contribution in [0.4, 0.5) is 0 Å². The summed E-state index contributed by atoms with van der Waals surface area (Å²) < 4.78 is 4.73. The van der Waals surface area contributed by atoms with Crippen molar-refractivity contribution in [2.45, 2.75) is 37.8 Å². The first-order chi connectivity index (χ1) is 6.14. The van der Waals surface area contributed by atoms with Gasteiger partial charge in [0.25, 0.3) is 0 Å². The molecule has 0 amide bonds. The predicted octanol–water partition coefficient (Wildman–Crippen LogP) is 1.00. The number of hydrogen-bond acceptors (Lipinski definition) is 3. The molecule has 0 aromatic heterocycles. The fraction of sp³-hybridized carbons (Fsp3) is 0.700. The minimum absolute atomic E-state index is 0.179. The van der Waals surface area contributed by atoms with Crippen molar-refractivity contribution in [1.29, 1.82) is 0 Å². The second kappa shape index (κ2) is 2.84. The second-order valence-electron chi connectivity index (χ2n) is 4.15. The molecule has 1 N–H and O–H groups in total. The topological polar surface area (TPSA) is 38.3 Å². The zero-order valence-electron chi connectivity index (χ0n) is 8.09. The molecule has 0 unspecified atom stereocenters. The maximum absolute atomic E-state index is 11.3. The summed E-state index contributed by atoms with van der Waals surface area (Å²) in [5.74, 6) is -0.179. The molecular formula is C10H15NO2. The molecule has 1 fully saturated rings. The quantitative estimate of drug-likeness (QED) is 0.613. The van der Waals surface area contributed by atoms with Crippen LogP contribution in [-0.2, 0) is 9.53 Å². The number of carbonyl (C=O) groups is 1. The van der Waals surface area contributed by atoms with Crippen LogP contribution in [0.1, 0.15) is 26.2 Å². The van der Waals surface area contributed by atoms with E-state index < -0.39 is 0 Å². The Kier molecular flexibility index (Phi) is 1.91. The van der Waals surface area contributed by atoms with Crippen LogP contribution in [0.2, 0.25) is 0 Å². The van der Waals surface area contributed by atoms with Crippen molar-refractivity contribution in [3.63, 3.8) is 0 Å². The molecule has 3 nitrogen and oxygen atoms in total. The Morgan fingerprint density at radius 3 is 3.23 bits per heavy atom. The van der Waals surface area contributed by atoms with Crippen LogP contribution in [0.3, 0.4) is 0 Å². The minimum atomic E-state index is -0.179. The smallest absolute Gasteiger partial charge is 0.335 e. The van der Waals surface area contributed by atoms with Crippen molar-refractivity contribution in [1.82, 2.24) is 5.32 Å². The summed E-state index contributed by atoms with van der Waals surface area (Å²) in [6, 6.07) is 0.228. The third-order valence-electron chi connectivity index (χ3n) is 3.08. The number of nitrogens with one attached hydrogen (secondary N) is 1. The van der Waals surface area contributed by atoms with Crippen LogP contribution in [0, 0.1) is 0 Å².